The third kappa shape index (κ3) is 4.34. The molecular weight excluding hydrogens is 418 g/mol. The summed E-state index contributed by atoms with van der Waals surface area (Å²) in [4.78, 5) is 19.9. The molecule has 0 bridgehead atoms. The van der Waals surface area contributed by atoms with Crippen LogP contribution in [0.3, 0.4) is 0 Å². The van der Waals surface area contributed by atoms with Gasteiger partial charge in [0.2, 0.25) is 5.95 Å². The topological polar surface area (TPSA) is 81.5 Å². The molecule has 1 amide bonds. The lowest BCUT2D eigenvalue weighted by Gasteiger charge is -2.33. The number of nitrogens with one attached hydrogen (secondary N) is 1. The molecule has 2 aromatic carbocycles. The van der Waals surface area contributed by atoms with Gasteiger partial charge in [0.05, 0.1) is 18.8 Å². The lowest BCUT2D eigenvalue weighted by Crippen LogP contribution is -2.44. The van der Waals surface area contributed by atoms with Crippen molar-refractivity contribution in [3.63, 3.8) is 0 Å². The van der Waals surface area contributed by atoms with Crippen molar-refractivity contribution in [3.05, 3.63) is 82.8 Å². The first kappa shape index (κ1) is 21.2. The Hall–Kier alpha value is -3.65. The third-order valence-electron chi connectivity index (χ3n) is 5.93. The summed E-state index contributed by atoms with van der Waals surface area (Å²) < 4.78 is 13.2. The summed E-state index contributed by atoms with van der Waals surface area (Å²) in [6.45, 7) is 6.54. The van der Waals surface area contributed by atoms with E-state index in [1.54, 1.807) is 4.68 Å². The van der Waals surface area contributed by atoms with Crippen molar-refractivity contribution in [3.8, 4) is 5.75 Å². The molecule has 8 nitrogen and oxygen atoms in total. The Kier molecular flexibility index (Phi) is 5.83. The number of amides is 1. The van der Waals surface area contributed by atoms with Gasteiger partial charge in [0, 0.05) is 18.8 Å². The fourth-order valence-electron chi connectivity index (χ4n) is 4.27. The fourth-order valence-corrected chi connectivity index (χ4v) is 4.27. The predicted molar refractivity (Wildman–Crippen MR) is 124 cm³/mol. The van der Waals surface area contributed by atoms with Crippen molar-refractivity contribution in [1.29, 1.82) is 0 Å². The van der Waals surface area contributed by atoms with Crippen LogP contribution in [0.4, 0.5) is 5.95 Å². The lowest BCUT2D eigenvalue weighted by molar-refractivity contribution is -0.131. The minimum atomic E-state index is -0.374. The number of carbonyl (C=O) groups excluding carboxylic acids is 1. The zero-order valence-corrected chi connectivity index (χ0v) is 18.8. The minimum Gasteiger partial charge on any atom is -0.489 e. The van der Waals surface area contributed by atoms with Crippen LogP contribution in [-0.2, 0) is 16.1 Å². The van der Waals surface area contributed by atoms with Gasteiger partial charge in [0.1, 0.15) is 24.2 Å². The molecule has 1 saturated heterocycles. The van der Waals surface area contributed by atoms with E-state index < -0.39 is 0 Å². The zero-order valence-electron chi connectivity index (χ0n) is 18.8. The van der Waals surface area contributed by atoms with Crippen molar-refractivity contribution >= 4 is 11.9 Å². The zero-order chi connectivity index (χ0) is 22.8. The van der Waals surface area contributed by atoms with Gasteiger partial charge >= 0.3 is 0 Å². The largest absolute Gasteiger partial charge is 0.489 e. The predicted octanol–water partition coefficient (Wildman–Crippen LogP) is 3.31. The Balaban J connectivity index is 1.44. The Morgan fingerprint density at radius 2 is 1.82 bits per heavy atom. The SMILES string of the molecule is CC1=C(C(=O)N2CCOCC2)C(c2ccc(OCc3ccccc3)cc2)n2nc(C)nc2N1. The number of benzene rings is 2. The van der Waals surface area contributed by atoms with Gasteiger partial charge in [-0.25, -0.2) is 4.68 Å². The molecule has 5 rings (SSSR count). The first-order valence-corrected chi connectivity index (χ1v) is 11.1. The van der Waals surface area contributed by atoms with Crippen LogP contribution in [0.2, 0.25) is 0 Å². The molecule has 2 aliphatic rings. The molecule has 1 N–H and O–H groups in total. The molecule has 3 aromatic rings. The molecule has 8 heteroatoms. The third-order valence-corrected chi connectivity index (χ3v) is 5.93. The van der Waals surface area contributed by atoms with Gasteiger partial charge in [-0.05, 0) is 37.1 Å². The fraction of sp³-hybridized carbons (Fsp3) is 0.320. The monoisotopic (exact) mass is 445 g/mol. The summed E-state index contributed by atoms with van der Waals surface area (Å²) >= 11 is 0. The molecular formula is C25H27N5O3. The summed E-state index contributed by atoms with van der Waals surface area (Å²) in [5, 5.41) is 7.87. The Labute approximate surface area is 192 Å². The van der Waals surface area contributed by atoms with Crippen LogP contribution in [0.25, 0.3) is 0 Å². The van der Waals surface area contributed by atoms with Gasteiger partial charge in [0.25, 0.3) is 5.91 Å². The van der Waals surface area contributed by atoms with E-state index in [-0.39, 0.29) is 11.9 Å². The van der Waals surface area contributed by atoms with Crippen molar-refractivity contribution < 1.29 is 14.3 Å². The number of carbonyl (C=O) groups is 1. The first-order valence-electron chi connectivity index (χ1n) is 11.1. The van der Waals surface area contributed by atoms with E-state index in [0.29, 0.717) is 50.3 Å². The van der Waals surface area contributed by atoms with Crippen molar-refractivity contribution in [2.75, 3.05) is 31.6 Å². The van der Waals surface area contributed by atoms with Crippen LogP contribution < -0.4 is 10.1 Å². The standard InChI is InChI=1S/C25H27N5O3/c1-17-22(24(31)29-12-14-32-15-13-29)23(30-25(26-17)27-18(2)28-30)20-8-10-21(11-9-20)33-16-19-6-4-3-5-7-19/h3-11,23H,12-16H2,1-2H3,(H,26,27,28). The van der Waals surface area contributed by atoms with Crippen LogP contribution in [0.5, 0.6) is 5.75 Å². The molecule has 1 atom stereocenters. The lowest BCUT2D eigenvalue weighted by atomic mass is 9.94. The van der Waals surface area contributed by atoms with Gasteiger partial charge < -0.3 is 19.7 Å². The molecule has 0 radical (unpaired) electrons. The normalized spacial score (nSPS) is 18.0. The molecule has 1 fully saturated rings. The van der Waals surface area contributed by atoms with E-state index in [2.05, 4.69) is 15.4 Å². The maximum atomic E-state index is 13.6. The van der Waals surface area contributed by atoms with Gasteiger partial charge in [-0.15, -0.1) is 0 Å². The smallest absolute Gasteiger partial charge is 0.254 e. The number of ether oxygens (including phenoxy) is 2. The van der Waals surface area contributed by atoms with Crippen LogP contribution in [0, 0.1) is 6.92 Å². The van der Waals surface area contributed by atoms with E-state index in [1.165, 1.54) is 0 Å². The molecule has 33 heavy (non-hydrogen) atoms. The number of morpholine rings is 1. The van der Waals surface area contributed by atoms with Gasteiger partial charge in [-0.1, -0.05) is 42.5 Å². The molecule has 3 heterocycles. The second-order valence-corrected chi connectivity index (χ2v) is 8.24. The molecule has 1 aromatic heterocycles. The highest BCUT2D eigenvalue weighted by molar-refractivity contribution is 5.96. The van der Waals surface area contributed by atoms with Crippen LogP contribution in [0.15, 0.2) is 65.9 Å². The molecule has 1 unspecified atom stereocenters. The molecule has 0 saturated carbocycles. The molecule has 2 aliphatic heterocycles. The summed E-state index contributed by atoms with van der Waals surface area (Å²) in [6, 6.07) is 17.6. The quantitative estimate of drug-likeness (QED) is 0.649. The minimum absolute atomic E-state index is 0.00323. The average Bonchev–Trinajstić information content (AvgIpc) is 3.22. The second kappa shape index (κ2) is 9.07. The highest BCUT2D eigenvalue weighted by atomic mass is 16.5. The maximum absolute atomic E-state index is 13.6. The van der Waals surface area contributed by atoms with E-state index in [9.17, 15) is 4.79 Å². The van der Waals surface area contributed by atoms with Gasteiger partial charge in [-0.2, -0.15) is 10.1 Å². The average molecular weight is 446 g/mol. The van der Waals surface area contributed by atoms with Crippen molar-refractivity contribution in [1.82, 2.24) is 19.7 Å². The van der Waals surface area contributed by atoms with Crippen LogP contribution in [-0.4, -0.2) is 51.9 Å². The Morgan fingerprint density at radius 1 is 1.09 bits per heavy atom. The van der Waals surface area contributed by atoms with Crippen LogP contribution >= 0.6 is 0 Å². The number of aromatic nitrogens is 3. The maximum Gasteiger partial charge on any atom is 0.254 e. The number of anilines is 1. The Bertz CT molecular complexity index is 1160. The Morgan fingerprint density at radius 3 is 2.55 bits per heavy atom. The van der Waals surface area contributed by atoms with E-state index >= 15 is 0 Å². The number of hydrogen-bond acceptors (Lipinski definition) is 6. The number of aryl methyl sites for hydroxylation is 1. The number of allylic oxidation sites excluding steroid dienone is 1. The van der Waals surface area contributed by atoms with Crippen molar-refractivity contribution in [2.45, 2.75) is 26.5 Å². The highest BCUT2D eigenvalue weighted by Crippen LogP contribution is 2.36. The van der Waals surface area contributed by atoms with Gasteiger partial charge in [-0.3, -0.25) is 4.79 Å². The van der Waals surface area contributed by atoms with Gasteiger partial charge in [0.15, 0.2) is 0 Å². The van der Waals surface area contributed by atoms with Crippen molar-refractivity contribution in [2.24, 2.45) is 0 Å². The van der Waals surface area contributed by atoms with Crippen LogP contribution in [0.1, 0.15) is 29.9 Å². The summed E-state index contributed by atoms with van der Waals surface area (Å²) in [5.41, 5.74) is 3.53. The number of hydrogen-bond donors (Lipinski definition) is 1. The second-order valence-electron chi connectivity index (χ2n) is 8.24. The highest BCUT2D eigenvalue weighted by Gasteiger charge is 2.36. The summed E-state index contributed by atoms with van der Waals surface area (Å²) in [5.74, 6) is 2.06. The van der Waals surface area contributed by atoms with E-state index in [4.69, 9.17) is 9.47 Å². The van der Waals surface area contributed by atoms with E-state index in [0.717, 1.165) is 22.6 Å². The number of rotatable bonds is 5. The first-order chi connectivity index (χ1) is 16.1. The van der Waals surface area contributed by atoms with E-state index in [1.807, 2.05) is 73.3 Å². The molecule has 170 valence electrons. The summed E-state index contributed by atoms with van der Waals surface area (Å²) in [7, 11) is 0. The summed E-state index contributed by atoms with van der Waals surface area (Å²) in [6.07, 6.45) is 0. The number of fused-ring (bicyclic) bond motifs is 1. The number of nitrogens with zero attached hydrogens (tertiary/aromatic N) is 4. The molecule has 0 aliphatic carbocycles. The molecule has 0 spiro atoms.